The molecule has 0 aromatic carbocycles. The van der Waals surface area contributed by atoms with Gasteiger partial charge in [0.05, 0.1) is 6.61 Å². The van der Waals surface area contributed by atoms with Gasteiger partial charge in [0.25, 0.3) is 0 Å². The number of nitrogens with zero attached hydrogens (tertiary/aromatic N) is 1. The summed E-state index contributed by atoms with van der Waals surface area (Å²) in [6.45, 7) is 4.59. The summed E-state index contributed by atoms with van der Waals surface area (Å²) >= 11 is 0. The van der Waals surface area contributed by atoms with Gasteiger partial charge in [-0.2, -0.15) is 0 Å². The summed E-state index contributed by atoms with van der Waals surface area (Å²) in [7, 11) is 0. The molecular formula is C16H28N4O6. The minimum Gasteiger partial charge on any atom is -0.480 e. The van der Waals surface area contributed by atoms with Crippen LogP contribution in [0.1, 0.15) is 33.6 Å². The third kappa shape index (κ3) is 5.40. The molecule has 0 bridgehead atoms. The first-order valence-corrected chi connectivity index (χ1v) is 8.60. The van der Waals surface area contributed by atoms with Gasteiger partial charge in [-0.25, -0.2) is 4.79 Å². The van der Waals surface area contributed by atoms with Gasteiger partial charge in [0.1, 0.15) is 24.2 Å². The smallest absolute Gasteiger partial charge is 0.326 e. The van der Waals surface area contributed by atoms with Crippen LogP contribution in [-0.2, 0) is 19.2 Å². The number of amides is 3. The number of rotatable bonds is 8. The van der Waals surface area contributed by atoms with Crippen LogP contribution in [0.3, 0.4) is 0 Å². The second-order valence-electron chi connectivity index (χ2n) is 6.78. The predicted molar refractivity (Wildman–Crippen MR) is 91.8 cm³/mol. The van der Waals surface area contributed by atoms with E-state index < -0.39 is 54.5 Å². The number of aliphatic hydroxyl groups is 1. The molecule has 1 rings (SSSR count). The summed E-state index contributed by atoms with van der Waals surface area (Å²) in [4.78, 5) is 49.2. The van der Waals surface area contributed by atoms with E-state index in [1.807, 2.05) is 0 Å². The van der Waals surface area contributed by atoms with E-state index in [9.17, 15) is 19.2 Å². The Hall–Kier alpha value is -2.20. The van der Waals surface area contributed by atoms with Crippen molar-refractivity contribution in [2.24, 2.45) is 11.7 Å². The average molecular weight is 372 g/mol. The number of carbonyl (C=O) groups excluding carboxylic acids is 3. The van der Waals surface area contributed by atoms with E-state index in [-0.39, 0.29) is 5.92 Å². The van der Waals surface area contributed by atoms with Crippen LogP contribution >= 0.6 is 0 Å². The highest BCUT2D eigenvalue weighted by molar-refractivity contribution is 5.94. The highest BCUT2D eigenvalue weighted by atomic mass is 16.4. The molecule has 1 heterocycles. The van der Waals surface area contributed by atoms with Crippen LogP contribution in [0.2, 0.25) is 0 Å². The van der Waals surface area contributed by atoms with Gasteiger partial charge in [0.15, 0.2) is 0 Å². The van der Waals surface area contributed by atoms with Gasteiger partial charge in [-0.05, 0) is 25.7 Å². The SMILES string of the molecule is CC(NC(=O)C1CCCN1C(=O)C(N)CO)C(=O)NC(C(=O)O)C(C)C. The molecule has 0 saturated carbocycles. The maximum atomic E-state index is 12.4. The molecule has 0 spiro atoms. The van der Waals surface area contributed by atoms with Gasteiger partial charge in [-0.1, -0.05) is 13.8 Å². The summed E-state index contributed by atoms with van der Waals surface area (Å²) in [5.41, 5.74) is 5.53. The van der Waals surface area contributed by atoms with Crippen LogP contribution in [0.25, 0.3) is 0 Å². The highest BCUT2D eigenvalue weighted by Gasteiger charge is 2.37. The number of aliphatic hydroxyl groups excluding tert-OH is 1. The van der Waals surface area contributed by atoms with Crippen molar-refractivity contribution in [3.63, 3.8) is 0 Å². The summed E-state index contributed by atoms with van der Waals surface area (Å²) in [6.07, 6.45) is 1.03. The summed E-state index contributed by atoms with van der Waals surface area (Å²) in [5, 5.41) is 23.0. The number of carboxylic acid groups (broad SMARTS) is 1. The molecule has 26 heavy (non-hydrogen) atoms. The normalized spacial score (nSPS) is 20.4. The second-order valence-corrected chi connectivity index (χ2v) is 6.78. The average Bonchev–Trinajstić information content (AvgIpc) is 3.06. The number of aliphatic carboxylic acids is 1. The Morgan fingerprint density at radius 2 is 1.81 bits per heavy atom. The minimum absolute atomic E-state index is 0.317. The third-order valence-electron chi connectivity index (χ3n) is 4.33. The highest BCUT2D eigenvalue weighted by Crippen LogP contribution is 2.18. The van der Waals surface area contributed by atoms with Gasteiger partial charge in [-0.15, -0.1) is 0 Å². The minimum atomic E-state index is -1.16. The summed E-state index contributed by atoms with van der Waals surface area (Å²) in [6, 6.07) is -3.89. The summed E-state index contributed by atoms with van der Waals surface area (Å²) in [5.74, 6) is -3.13. The first-order valence-electron chi connectivity index (χ1n) is 8.60. The van der Waals surface area contributed by atoms with Crippen molar-refractivity contribution in [3.05, 3.63) is 0 Å². The van der Waals surface area contributed by atoms with Crippen molar-refractivity contribution in [2.45, 2.75) is 57.8 Å². The van der Waals surface area contributed by atoms with E-state index in [1.54, 1.807) is 13.8 Å². The number of carboxylic acids is 1. The van der Waals surface area contributed by atoms with Crippen LogP contribution in [-0.4, -0.2) is 76.1 Å². The maximum Gasteiger partial charge on any atom is 0.326 e. The van der Waals surface area contributed by atoms with Crippen LogP contribution in [0.15, 0.2) is 0 Å². The first kappa shape index (κ1) is 21.8. The molecule has 0 aromatic heterocycles. The first-order chi connectivity index (χ1) is 12.1. The lowest BCUT2D eigenvalue weighted by atomic mass is 10.0. The molecule has 3 amide bonds. The molecule has 10 heteroatoms. The molecule has 1 aliphatic heterocycles. The number of hydrogen-bond donors (Lipinski definition) is 5. The number of nitrogens with two attached hydrogens (primary N) is 1. The Balaban J connectivity index is 2.69. The van der Waals surface area contributed by atoms with Crippen LogP contribution < -0.4 is 16.4 Å². The van der Waals surface area contributed by atoms with Crippen LogP contribution in [0, 0.1) is 5.92 Å². The number of likely N-dealkylation sites (tertiary alicyclic amines) is 1. The van der Waals surface area contributed by atoms with E-state index in [0.717, 1.165) is 0 Å². The van der Waals surface area contributed by atoms with Gasteiger partial charge in [-0.3, -0.25) is 14.4 Å². The fourth-order valence-electron chi connectivity index (χ4n) is 2.76. The molecule has 148 valence electrons. The molecule has 1 fully saturated rings. The molecule has 1 aliphatic rings. The van der Waals surface area contributed by atoms with Crippen molar-refractivity contribution in [1.82, 2.24) is 15.5 Å². The molecular weight excluding hydrogens is 344 g/mol. The number of hydrogen-bond acceptors (Lipinski definition) is 6. The van der Waals surface area contributed by atoms with Crippen molar-refractivity contribution in [1.29, 1.82) is 0 Å². The zero-order valence-corrected chi connectivity index (χ0v) is 15.3. The van der Waals surface area contributed by atoms with Crippen molar-refractivity contribution >= 4 is 23.7 Å². The van der Waals surface area contributed by atoms with Crippen LogP contribution in [0.5, 0.6) is 0 Å². The molecule has 0 aromatic rings. The quantitative estimate of drug-likeness (QED) is 0.330. The second kappa shape index (κ2) is 9.48. The van der Waals surface area contributed by atoms with Crippen molar-refractivity contribution in [3.8, 4) is 0 Å². The van der Waals surface area contributed by atoms with E-state index in [0.29, 0.717) is 19.4 Å². The van der Waals surface area contributed by atoms with Gasteiger partial charge in [0, 0.05) is 6.54 Å². The van der Waals surface area contributed by atoms with Crippen LogP contribution in [0.4, 0.5) is 0 Å². The van der Waals surface area contributed by atoms with Crippen molar-refractivity contribution in [2.75, 3.05) is 13.2 Å². The van der Waals surface area contributed by atoms with E-state index in [1.165, 1.54) is 11.8 Å². The fraction of sp³-hybridized carbons (Fsp3) is 0.750. The van der Waals surface area contributed by atoms with Gasteiger partial charge >= 0.3 is 5.97 Å². The van der Waals surface area contributed by atoms with E-state index in [2.05, 4.69) is 10.6 Å². The van der Waals surface area contributed by atoms with E-state index >= 15 is 0 Å². The molecule has 0 aliphatic carbocycles. The monoisotopic (exact) mass is 372 g/mol. The Labute approximate surface area is 152 Å². The standard InChI is InChI=1S/C16H28N4O6/c1-8(2)12(16(25)26)19-13(22)9(3)18-14(23)11-5-4-6-20(11)15(24)10(17)7-21/h8-12,21H,4-7,17H2,1-3H3,(H,18,23)(H,19,22)(H,25,26). The molecule has 10 nitrogen and oxygen atoms in total. The molecule has 1 saturated heterocycles. The lowest BCUT2D eigenvalue weighted by molar-refractivity contribution is -0.144. The largest absolute Gasteiger partial charge is 0.480 e. The zero-order chi connectivity index (χ0) is 20.0. The maximum absolute atomic E-state index is 12.4. The molecule has 0 radical (unpaired) electrons. The van der Waals surface area contributed by atoms with Gasteiger partial charge in [0.2, 0.25) is 17.7 Å². The predicted octanol–water partition coefficient (Wildman–Crippen LogP) is -1.97. The Morgan fingerprint density at radius 3 is 2.31 bits per heavy atom. The molecule has 4 atom stereocenters. The lowest BCUT2D eigenvalue weighted by Gasteiger charge is -2.27. The van der Waals surface area contributed by atoms with Crippen molar-refractivity contribution < 1.29 is 29.4 Å². The summed E-state index contributed by atoms with van der Waals surface area (Å²) < 4.78 is 0. The Kier molecular flexibility index (Phi) is 7.97. The topological polar surface area (TPSA) is 162 Å². The van der Waals surface area contributed by atoms with E-state index in [4.69, 9.17) is 15.9 Å². The van der Waals surface area contributed by atoms with Gasteiger partial charge < -0.3 is 31.5 Å². The third-order valence-corrected chi connectivity index (χ3v) is 4.33. The fourth-order valence-corrected chi connectivity index (χ4v) is 2.76. The molecule has 6 N–H and O–H groups in total. The molecule has 4 unspecified atom stereocenters. The Morgan fingerprint density at radius 1 is 1.19 bits per heavy atom. The Bertz CT molecular complexity index is 553. The number of nitrogens with one attached hydrogen (secondary N) is 2. The lowest BCUT2D eigenvalue weighted by Crippen LogP contribution is -2.56. The zero-order valence-electron chi connectivity index (χ0n) is 15.3. The number of carbonyl (C=O) groups is 4.